The van der Waals surface area contributed by atoms with E-state index >= 15 is 0 Å². The molecule has 20 nitrogen and oxygen atoms in total. The van der Waals surface area contributed by atoms with Crippen LogP contribution >= 0.6 is 0 Å². The van der Waals surface area contributed by atoms with Crippen LogP contribution in [-0.4, -0.2) is 108 Å². The minimum absolute atomic E-state index is 0. The molecule has 9 atom stereocenters. The Morgan fingerprint density at radius 3 is 1.33 bits per heavy atom. The van der Waals surface area contributed by atoms with Crippen LogP contribution in [0, 0.1) is 35.5 Å². The van der Waals surface area contributed by atoms with Crippen LogP contribution in [0.5, 0.6) is 0 Å². The molecular weight excluding hydrogens is 989 g/mol. The van der Waals surface area contributed by atoms with Crippen molar-refractivity contribution >= 4 is 59.3 Å². The van der Waals surface area contributed by atoms with Crippen molar-refractivity contribution in [3.63, 3.8) is 0 Å². The fraction of sp³-hybridized carbons (Fsp3) is 0.811. The zero-order valence-corrected chi connectivity index (χ0v) is 51.9. The van der Waals surface area contributed by atoms with Crippen molar-refractivity contribution in [2.75, 3.05) is 0 Å². The van der Waals surface area contributed by atoms with Crippen LogP contribution in [0.15, 0.2) is 0 Å². The standard InChI is InChI=1S/C53H93N7O13.2Na/c1-13-35(12)20-18-16-14-15-17-19-21-36-28-43(61)54-37(22-23-44(62)63)47(66)55-38(24-30(2)3)48(67)57-40(26-32(6)7)51(70)60-46(34(10)11)52(71)58-41(29-45(64)65)50(69)56-39(25-31(4)5)49(68)59-42(27-33(8)9)53(72)73-36;;/h30-42,46H,13-29H2,1-12H3,(H,54,61)(H,55,66)(H,56,69)(H,57,67)(H,58,71)(H,59,68)(H,60,70)(H,62,63)(H,64,65);;/q;2*+1/p-2/t35?,36-,37+,38+,39-,40-,41+,42+,46+;;/m1../s1. The van der Waals surface area contributed by atoms with Crippen molar-refractivity contribution < 1.29 is 122 Å². The summed E-state index contributed by atoms with van der Waals surface area (Å²) in [5, 5.41) is 41.9. The van der Waals surface area contributed by atoms with Crippen LogP contribution in [0.25, 0.3) is 0 Å². The molecule has 22 heteroatoms. The molecule has 7 N–H and O–H groups in total. The first kappa shape index (κ1) is 73.8. The maximum absolute atomic E-state index is 14.2. The van der Waals surface area contributed by atoms with Crippen molar-refractivity contribution in [2.24, 2.45) is 35.5 Å². The smallest absolute Gasteiger partial charge is 0.550 e. The number of carboxylic acid groups (broad SMARTS) is 2. The predicted molar refractivity (Wildman–Crippen MR) is 271 cm³/mol. The molecule has 0 aromatic heterocycles. The van der Waals surface area contributed by atoms with Gasteiger partial charge in [-0.05, 0) is 86.9 Å². The van der Waals surface area contributed by atoms with E-state index in [4.69, 9.17) is 4.74 Å². The second-order valence-corrected chi connectivity index (χ2v) is 22.1. The molecule has 7 amide bonds. The summed E-state index contributed by atoms with van der Waals surface area (Å²) in [4.78, 5) is 136. The maximum Gasteiger partial charge on any atom is 1.00 e. The van der Waals surface area contributed by atoms with Gasteiger partial charge in [0.1, 0.15) is 48.4 Å². The Labute approximate surface area is 491 Å². The van der Waals surface area contributed by atoms with Gasteiger partial charge < -0.3 is 61.8 Å². The summed E-state index contributed by atoms with van der Waals surface area (Å²) in [6.45, 7) is 21.9. The molecule has 0 aromatic rings. The molecule has 75 heavy (non-hydrogen) atoms. The molecule has 418 valence electrons. The Morgan fingerprint density at radius 1 is 0.493 bits per heavy atom. The van der Waals surface area contributed by atoms with E-state index in [2.05, 4.69) is 51.1 Å². The zero-order valence-electron chi connectivity index (χ0n) is 47.9. The van der Waals surface area contributed by atoms with Gasteiger partial charge in [-0.1, -0.05) is 128 Å². The number of aliphatic carboxylic acids is 2. The number of nitrogens with one attached hydrogen (secondary N) is 7. The zero-order chi connectivity index (χ0) is 55.5. The van der Waals surface area contributed by atoms with Gasteiger partial charge in [0.2, 0.25) is 41.4 Å². The summed E-state index contributed by atoms with van der Waals surface area (Å²) in [5.41, 5.74) is 0. The molecule has 1 heterocycles. The molecule has 1 fully saturated rings. The molecule has 0 aromatic carbocycles. The first-order valence-corrected chi connectivity index (χ1v) is 26.8. The monoisotopic (exact) mass is 1080 g/mol. The van der Waals surface area contributed by atoms with E-state index in [9.17, 15) is 58.2 Å². The summed E-state index contributed by atoms with van der Waals surface area (Å²) in [5.74, 6) is -10.9. The first-order valence-electron chi connectivity index (χ1n) is 26.8. The van der Waals surface area contributed by atoms with E-state index in [0.29, 0.717) is 12.3 Å². The minimum atomic E-state index is -1.79. The Kier molecular flexibility index (Phi) is 38.5. The van der Waals surface area contributed by atoms with Crippen molar-refractivity contribution in [2.45, 2.75) is 241 Å². The molecule has 1 aliphatic heterocycles. The maximum atomic E-state index is 14.2. The number of cyclic esters (lactones) is 1. The first-order chi connectivity index (χ1) is 34.1. The van der Waals surface area contributed by atoms with Gasteiger partial charge in [0.25, 0.3) is 0 Å². The average Bonchev–Trinajstić information content (AvgIpc) is 3.27. The van der Waals surface area contributed by atoms with Gasteiger partial charge in [0.15, 0.2) is 0 Å². The molecule has 0 spiro atoms. The minimum Gasteiger partial charge on any atom is -0.550 e. The Balaban J connectivity index is 0. The predicted octanol–water partition coefficient (Wildman–Crippen LogP) is -3.62. The number of carbonyl (C=O) groups excluding carboxylic acids is 10. The van der Waals surface area contributed by atoms with Crippen molar-refractivity contribution in [3.05, 3.63) is 0 Å². The normalized spacial score (nSPS) is 23.7. The van der Waals surface area contributed by atoms with Crippen LogP contribution in [0.2, 0.25) is 0 Å². The molecule has 0 aliphatic carbocycles. The number of ether oxygens (including phenoxy) is 1. The largest absolute Gasteiger partial charge is 1.00 e. The number of rotatable bonds is 24. The summed E-state index contributed by atoms with van der Waals surface area (Å²) in [7, 11) is 0. The van der Waals surface area contributed by atoms with Gasteiger partial charge in [-0.3, -0.25) is 33.6 Å². The number of unbranched alkanes of at least 4 members (excludes halogenated alkanes) is 5. The number of carboxylic acids is 2. The fourth-order valence-corrected chi connectivity index (χ4v) is 8.53. The molecule has 1 rings (SSSR count). The van der Waals surface area contributed by atoms with Crippen LogP contribution < -0.4 is 107 Å². The van der Waals surface area contributed by atoms with E-state index in [1.165, 1.54) is 0 Å². The molecule has 1 saturated heterocycles. The third kappa shape index (κ3) is 31.6. The molecular formula is C53H91N7Na2O13. The Bertz CT molecular complexity index is 1820. The number of hydrogen-bond donors (Lipinski definition) is 7. The molecule has 1 unspecified atom stereocenters. The molecule has 0 bridgehead atoms. The van der Waals surface area contributed by atoms with E-state index < -0.39 is 139 Å². The molecule has 0 radical (unpaired) electrons. The van der Waals surface area contributed by atoms with Crippen LogP contribution in [0.4, 0.5) is 0 Å². The summed E-state index contributed by atoms with van der Waals surface area (Å²) >= 11 is 0. The average molecular weight is 1080 g/mol. The van der Waals surface area contributed by atoms with Crippen molar-refractivity contribution in [3.8, 4) is 0 Å². The number of amides is 7. The number of hydrogen-bond acceptors (Lipinski definition) is 13. The second-order valence-electron chi connectivity index (χ2n) is 22.1. The quantitative estimate of drug-likeness (QED) is 0.0280. The van der Waals surface area contributed by atoms with Gasteiger partial charge in [-0.2, -0.15) is 0 Å². The molecule has 0 saturated carbocycles. The van der Waals surface area contributed by atoms with Gasteiger partial charge in [0.05, 0.1) is 6.42 Å². The number of carbonyl (C=O) groups is 10. The second kappa shape index (κ2) is 39.1. The van der Waals surface area contributed by atoms with Crippen LogP contribution in [0.1, 0.15) is 192 Å². The van der Waals surface area contributed by atoms with Crippen LogP contribution in [0.3, 0.4) is 0 Å². The molecule has 1 aliphatic rings. The van der Waals surface area contributed by atoms with Gasteiger partial charge >= 0.3 is 65.1 Å². The van der Waals surface area contributed by atoms with Crippen molar-refractivity contribution in [1.29, 1.82) is 0 Å². The fourth-order valence-electron chi connectivity index (χ4n) is 8.53. The summed E-state index contributed by atoms with van der Waals surface area (Å²) in [6, 6.07) is -9.86. The summed E-state index contributed by atoms with van der Waals surface area (Å²) < 4.78 is 6.02. The van der Waals surface area contributed by atoms with Gasteiger partial charge in [-0.25, -0.2) is 4.79 Å². The van der Waals surface area contributed by atoms with Crippen molar-refractivity contribution in [1.82, 2.24) is 37.2 Å². The third-order valence-corrected chi connectivity index (χ3v) is 12.7. The van der Waals surface area contributed by atoms with E-state index in [1.807, 2.05) is 13.8 Å². The Hall–Kier alpha value is -3.30. The third-order valence-electron chi connectivity index (χ3n) is 12.7. The SMILES string of the molecule is CCC(C)CCCCCCCC[C@@H]1CC(=O)N[C@@H](CCC(=O)[O-])C(=O)N[C@@H](CC(C)C)C(=O)N[C@H](CC(C)C)C(=O)N[C@@H](C(C)C)C(=O)N[C@@H](CC(=O)[O-])C(=O)N[C@H](CC(C)C)C(=O)N[C@@H](CC(C)C)C(=O)O1.[Na+].[Na+]. The number of esters is 1. The van der Waals surface area contributed by atoms with Gasteiger partial charge in [-0.15, -0.1) is 0 Å². The van der Waals surface area contributed by atoms with E-state index in [-0.39, 0.29) is 115 Å². The Morgan fingerprint density at radius 2 is 0.893 bits per heavy atom. The summed E-state index contributed by atoms with van der Waals surface area (Å²) in [6.07, 6.45) is 4.49. The topological polar surface area (TPSA) is 310 Å². The van der Waals surface area contributed by atoms with E-state index in [0.717, 1.165) is 44.9 Å². The van der Waals surface area contributed by atoms with E-state index in [1.54, 1.807) is 55.4 Å². The van der Waals surface area contributed by atoms with Crippen LogP contribution in [-0.2, 0) is 52.7 Å². The van der Waals surface area contributed by atoms with Gasteiger partial charge in [0, 0.05) is 18.4 Å².